The largest absolute Gasteiger partial charge is 0.310 e. The summed E-state index contributed by atoms with van der Waals surface area (Å²) < 4.78 is 1.92. The number of hydrogen-bond donors (Lipinski definition) is 1. The van der Waals surface area contributed by atoms with E-state index >= 15 is 0 Å². The minimum Gasteiger partial charge on any atom is -0.310 e. The normalized spacial score (nSPS) is 12.7. The topological polar surface area (TPSA) is 29.9 Å². The van der Waals surface area contributed by atoms with Crippen molar-refractivity contribution in [2.75, 3.05) is 6.54 Å². The van der Waals surface area contributed by atoms with Gasteiger partial charge in [-0.1, -0.05) is 37.6 Å². The van der Waals surface area contributed by atoms with Crippen molar-refractivity contribution in [3.05, 3.63) is 46.2 Å². The van der Waals surface area contributed by atoms with Crippen LogP contribution in [0.25, 0.3) is 5.69 Å². The van der Waals surface area contributed by atoms with Gasteiger partial charge in [-0.05, 0) is 44.5 Å². The fraction of sp³-hybridized carbons (Fsp3) is 0.438. The molecule has 108 valence electrons. The van der Waals surface area contributed by atoms with Crippen molar-refractivity contribution in [3.63, 3.8) is 0 Å². The zero-order valence-electron chi connectivity index (χ0n) is 12.6. The number of halogens is 1. The first kappa shape index (κ1) is 15.1. The zero-order valence-corrected chi connectivity index (χ0v) is 13.3. The highest BCUT2D eigenvalue weighted by Crippen LogP contribution is 2.24. The Hall–Kier alpha value is -1.32. The third kappa shape index (κ3) is 2.89. The molecule has 1 N–H and O–H groups in total. The first-order chi connectivity index (χ1) is 9.58. The second-order valence-corrected chi connectivity index (χ2v) is 5.39. The average Bonchev–Trinajstić information content (AvgIpc) is 2.72. The summed E-state index contributed by atoms with van der Waals surface area (Å²) >= 11 is 6.23. The lowest BCUT2D eigenvalue weighted by Crippen LogP contribution is -2.20. The molecule has 0 aliphatic rings. The van der Waals surface area contributed by atoms with Crippen molar-refractivity contribution in [2.45, 2.75) is 40.2 Å². The van der Waals surface area contributed by atoms with Crippen molar-refractivity contribution in [3.8, 4) is 5.69 Å². The molecule has 2 aromatic rings. The summed E-state index contributed by atoms with van der Waals surface area (Å²) in [4.78, 5) is 0. The molecule has 3 nitrogen and oxygen atoms in total. The predicted molar refractivity (Wildman–Crippen MR) is 84.8 cm³/mol. The average molecular weight is 292 g/mol. The first-order valence-electron chi connectivity index (χ1n) is 7.13. The quantitative estimate of drug-likeness (QED) is 0.894. The third-order valence-corrected chi connectivity index (χ3v) is 4.13. The highest BCUT2D eigenvalue weighted by atomic mass is 35.5. The van der Waals surface area contributed by atoms with Gasteiger partial charge in [0, 0.05) is 6.04 Å². The van der Waals surface area contributed by atoms with Gasteiger partial charge >= 0.3 is 0 Å². The SMILES string of the molecule is CCNC(CC)c1cccc(-n2nc(C)c(Cl)c2C)c1. The zero-order chi connectivity index (χ0) is 14.7. The van der Waals surface area contributed by atoms with E-state index in [4.69, 9.17) is 11.6 Å². The van der Waals surface area contributed by atoms with E-state index in [0.29, 0.717) is 6.04 Å². The number of aromatic nitrogens is 2. The summed E-state index contributed by atoms with van der Waals surface area (Å²) in [6.45, 7) is 9.22. The monoisotopic (exact) mass is 291 g/mol. The summed E-state index contributed by atoms with van der Waals surface area (Å²) in [7, 11) is 0. The number of aryl methyl sites for hydroxylation is 1. The Bertz CT molecular complexity index is 589. The number of benzene rings is 1. The van der Waals surface area contributed by atoms with Gasteiger partial charge < -0.3 is 5.32 Å². The van der Waals surface area contributed by atoms with Crippen LogP contribution < -0.4 is 5.32 Å². The van der Waals surface area contributed by atoms with Crippen LogP contribution in [0.15, 0.2) is 24.3 Å². The van der Waals surface area contributed by atoms with E-state index in [1.807, 2.05) is 18.5 Å². The van der Waals surface area contributed by atoms with Crippen molar-refractivity contribution in [1.82, 2.24) is 15.1 Å². The van der Waals surface area contributed by atoms with Crippen LogP contribution in [-0.2, 0) is 0 Å². The van der Waals surface area contributed by atoms with Crippen LogP contribution in [0.2, 0.25) is 5.02 Å². The minimum absolute atomic E-state index is 0.382. The number of rotatable bonds is 5. The summed E-state index contributed by atoms with van der Waals surface area (Å²) in [5.74, 6) is 0. The van der Waals surface area contributed by atoms with Gasteiger partial charge in [-0.2, -0.15) is 5.10 Å². The molecule has 1 unspecified atom stereocenters. The Labute approximate surface area is 126 Å². The Morgan fingerprint density at radius 1 is 1.30 bits per heavy atom. The van der Waals surface area contributed by atoms with Gasteiger partial charge in [-0.25, -0.2) is 4.68 Å². The molecular weight excluding hydrogens is 270 g/mol. The molecule has 0 radical (unpaired) electrons. The predicted octanol–water partition coefficient (Wildman–Crippen LogP) is 4.20. The molecule has 0 saturated carbocycles. The van der Waals surface area contributed by atoms with E-state index in [1.165, 1.54) is 5.56 Å². The van der Waals surface area contributed by atoms with Crippen LogP contribution in [0.5, 0.6) is 0 Å². The van der Waals surface area contributed by atoms with E-state index in [0.717, 1.165) is 35.1 Å². The Morgan fingerprint density at radius 2 is 2.05 bits per heavy atom. The van der Waals surface area contributed by atoms with Gasteiger partial charge in [0.2, 0.25) is 0 Å². The molecule has 0 fully saturated rings. The number of hydrogen-bond acceptors (Lipinski definition) is 2. The number of nitrogens with one attached hydrogen (secondary N) is 1. The van der Waals surface area contributed by atoms with Crippen molar-refractivity contribution in [1.29, 1.82) is 0 Å². The maximum atomic E-state index is 6.23. The van der Waals surface area contributed by atoms with E-state index in [1.54, 1.807) is 0 Å². The smallest absolute Gasteiger partial charge is 0.0848 e. The maximum absolute atomic E-state index is 6.23. The van der Waals surface area contributed by atoms with Gasteiger partial charge in [0.05, 0.1) is 22.1 Å². The van der Waals surface area contributed by atoms with Crippen LogP contribution in [0.4, 0.5) is 0 Å². The van der Waals surface area contributed by atoms with E-state index in [9.17, 15) is 0 Å². The van der Waals surface area contributed by atoms with Crippen LogP contribution in [0.3, 0.4) is 0 Å². The summed E-state index contributed by atoms with van der Waals surface area (Å²) in [6, 6.07) is 8.88. The van der Waals surface area contributed by atoms with Gasteiger partial charge in [-0.15, -0.1) is 0 Å². The molecule has 0 saturated heterocycles. The van der Waals surface area contributed by atoms with E-state index in [2.05, 4.69) is 48.5 Å². The van der Waals surface area contributed by atoms with Gasteiger partial charge in [0.25, 0.3) is 0 Å². The lowest BCUT2D eigenvalue weighted by Gasteiger charge is -2.17. The highest BCUT2D eigenvalue weighted by Gasteiger charge is 2.13. The van der Waals surface area contributed by atoms with Gasteiger partial charge in [-0.3, -0.25) is 0 Å². The Kier molecular flexibility index (Phi) is 4.84. The fourth-order valence-corrected chi connectivity index (χ4v) is 2.61. The lowest BCUT2D eigenvalue weighted by molar-refractivity contribution is 0.537. The van der Waals surface area contributed by atoms with Gasteiger partial charge in [0.15, 0.2) is 0 Å². The second-order valence-electron chi connectivity index (χ2n) is 5.01. The Morgan fingerprint density at radius 3 is 2.60 bits per heavy atom. The third-order valence-electron chi connectivity index (χ3n) is 3.58. The summed E-state index contributed by atoms with van der Waals surface area (Å²) in [6.07, 6.45) is 1.06. The molecule has 1 aromatic heterocycles. The standard InChI is InChI=1S/C16H22ClN3/c1-5-15(18-6-2)13-8-7-9-14(10-13)20-12(4)16(17)11(3)19-20/h7-10,15,18H,5-6H2,1-4H3. The van der Waals surface area contributed by atoms with Crippen LogP contribution in [0, 0.1) is 13.8 Å². The van der Waals surface area contributed by atoms with Crippen molar-refractivity contribution < 1.29 is 0 Å². The van der Waals surface area contributed by atoms with Crippen molar-refractivity contribution in [2.24, 2.45) is 0 Å². The van der Waals surface area contributed by atoms with Crippen LogP contribution in [0.1, 0.15) is 43.3 Å². The van der Waals surface area contributed by atoms with E-state index in [-0.39, 0.29) is 0 Å². The second kappa shape index (κ2) is 6.42. The van der Waals surface area contributed by atoms with E-state index < -0.39 is 0 Å². The maximum Gasteiger partial charge on any atom is 0.0848 e. The molecule has 2 rings (SSSR count). The molecule has 1 aromatic carbocycles. The van der Waals surface area contributed by atoms with Crippen LogP contribution >= 0.6 is 11.6 Å². The first-order valence-corrected chi connectivity index (χ1v) is 7.51. The summed E-state index contributed by atoms with van der Waals surface area (Å²) in [5.41, 5.74) is 4.20. The molecule has 0 spiro atoms. The number of nitrogens with zero attached hydrogens (tertiary/aromatic N) is 2. The Balaban J connectivity index is 2.41. The van der Waals surface area contributed by atoms with Crippen molar-refractivity contribution >= 4 is 11.6 Å². The molecule has 0 aliphatic carbocycles. The molecule has 0 bridgehead atoms. The lowest BCUT2D eigenvalue weighted by atomic mass is 10.0. The van der Waals surface area contributed by atoms with Crippen LogP contribution in [-0.4, -0.2) is 16.3 Å². The fourth-order valence-electron chi connectivity index (χ4n) is 2.49. The van der Waals surface area contributed by atoms with Gasteiger partial charge in [0.1, 0.15) is 0 Å². The minimum atomic E-state index is 0.382. The molecular formula is C16H22ClN3. The highest BCUT2D eigenvalue weighted by molar-refractivity contribution is 6.31. The molecule has 1 atom stereocenters. The molecule has 4 heteroatoms. The summed E-state index contributed by atoms with van der Waals surface area (Å²) in [5, 5.41) is 8.76. The molecule has 1 heterocycles. The molecule has 0 amide bonds. The molecule has 20 heavy (non-hydrogen) atoms. The molecule has 0 aliphatic heterocycles.